The van der Waals surface area contributed by atoms with E-state index in [1.807, 2.05) is 31.3 Å². The molecule has 1 fully saturated rings. The van der Waals surface area contributed by atoms with Gasteiger partial charge in [0.15, 0.2) is 0 Å². The maximum absolute atomic E-state index is 12.7. The first-order valence-electron chi connectivity index (χ1n) is 6.92. The maximum atomic E-state index is 12.7. The van der Waals surface area contributed by atoms with Crippen LogP contribution in [0.2, 0.25) is 5.02 Å². The highest BCUT2D eigenvalue weighted by atomic mass is 35.5. The van der Waals surface area contributed by atoms with Gasteiger partial charge in [0.05, 0.1) is 5.92 Å². The molecule has 0 spiro atoms. The van der Waals surface area contributed by atoms with E-state index in [9.17, 15) is 13.2 Å². The van der Waals surface area contributed by atoms with Gasteiger partial charge in [-0.2, -0.15) is 13.2 Å². The molecule has 1 N–H and O–H groups in total. The molecule has 1 aromatic carbocycles. The van der Waals surface area contributed by atoms with E-state index >= 15 is 0 Å². The minimum atomic E-state index is -4.05. The van der Waals surface area contributed by atoms with Crippen molar-refractivity contribution in [2.75, 3.05) is 7.05 Å². The molecule has 0 aliphatic heterocycles. The predicted octanol–water partition coefficient (Wildman–Crippen LogP) is 4.97. The molecule has 1 unspecified atom stereocenters. The van der Waals surface area contributed by atoms with Gasteiger partial charge in [0.1, 0.15) is 0 Å². The maximum Gasteiger partial charge on any atom is 0.391 e. The van der Waals surface area contributed by atoms with E-state index in [2.05, 4.69) is 5.32 Å². The van der Waals surface area contributed by atoms with Gasteiger partial charge >= 0.3 is 6.18 Å². The van der Waals surface area contributed by atoms with Crippen LogP contribution in [0, 0.1) is 11.8 Å². The lowest BCUT2D eigenvalue weighted by molar-refractivity contribution is -0.184. The molecule has 1 atom stereocenters. The predicted molar refractivity (Wildman–Crippen MR) is 74.8 cm³/mol. The summed E-state index contributed by atoms with van der Waals surface area (Å²) >= 11 is 6.20. The second kappa shape index (κ2) is 6.35. The van der Waals surface area contributed by atoms with Crippen molar-refractivity contribution < 1.29 is 13.2 Å². The third-order valence-corrected chi connectivity index (χ3v) is 4.60. The van der Waals surface area contributed by atoms with Gasteiger partial charge < -0.3 is 5.32 Å². The Kier molecular flexibility index (Phi) is 4.97. The zero-order chi connectivity index (χ0) is 14.8. The molecule has 0 heterocycles. The lowest BCUT2D eigenvalue weighted by Gasteiger charge is -2.35. The second-order valence-electron chi connectivity index (χ2n) is 5.44. The van der Waals surface area contributed by atoms with Crippen LogP contribution in [0.4, 0.5) is 13.2 Å². The van der Waals surface area contributed by atoms with Crippen LogP contribution < -0.4 is 5.32 Å². The van der Waals surface area contributed by atoms with Gasteiger partial charge in [-0.3, -0.25) is 0 Å². The average molecular weight is 306 g/mol. The van der Waals surface area contributed by atoms with Crippen LogP contribution in [0.3, 0.4) is 0 Å². The summed E-state index contributed by atoms with van der Waals surface area (Å²) in [6.07, 6.45) is -2.44. The summed E-state index contributed by atoms with van der Waals surface area (Å²) in [4.78, 5) is 0. The summed E-state index contributed by atoms with van der Waals surface area (Å²) in [5, 5.41) is 3.89. The third-order valence-electron chi connectivity index (χ3n) is 4.26. The van der Waals surface area contributed by atoms with Crippen molar-refractivity contribution >= 4 is 11.6 Å². The minimum Gasteiger partial charge on any atom is -0.313 e. The number of hydrogen-bond acceptors (Lipinski definition) is 1. The van der Waals surface area contributed by atoms with Crippen molar-refractivity contribution in [1.82, 2.24) is 5.32 Å². The summed E-state index contributed by atoms with van der Waals surface area (Å²) in [6, 6.07) is 7.56. The lowest BCUT2D eigenvalue weighted by Crippen LogP contribution is -2.33. The molecule has 1 nitrogen and oxygen atoms in total. The zero-order valence-corrected chi connectivity index (χ0v) is 12.1. The fraction of sp³-hybridized carbons (Fsp3) is 0.600. The molecule has 1 aliphatic rings. The molecule has 0 amide bonds. The molecule has 112 valence electrons. The Balaban J connectivity index is 2.06. The topological polar surface area (TPSA) is 12.0 Å². The molecule has 5 heteroatoms. The van der Waals surface area contributed by atoms with Crippen molar-refractivity contribution in [3.05, 3.63) is 34.9 Å². The first kappa shape index (κ1) is 15.6. The first-order chi connectivity index (χ1) is 9.43. The molecular weight excluding hydrogens is 287 g/mol. The van der Waals surface area contributed by atoms with Gasteiger partial charge in [-0.05, 0) is 50.3 Å². The van der Waals surface area contributed by atoms with Crippen LogP contribution >= 0.6 is 11.6 Å². The van der Waals surface area contributed by atoms with E-state index in [0.717, 1.165) is 5.56 Å². The van der Waals surface area contributed by atoms with E-state index in [0.29, 0.717) is 17.9 Å². The Bertz CT molecular complexity index is 439. The molecule has 1 aliphatic carbocycles. The quantitative estimate of drug-likeness (QED) is 0.831. The molecule has 1 saturated carbocycles. The average Bonchev–Trinajstić information content (AvgIpc) is 2.41. The van der Waals surface area contributed by atoms with E-state index in [1.165, 1.54) is 0 Å². The van der Waals surface area contributed by atoms with Crippen molar-refractivity contribution in [3.63, 3.8) is 0 Å². The molecule has 2 rings (SSSR count). The Morgan fingerprint density at radius 1 is 1.15 bits per heavy atom. The normalized spacial score (nSPS) is 25.4. The summed E-state index contributed by atoms with van der Waals surface area (Å²) in [5.41, 5.74) is 0.979. The molecule has 0 saturated heterocycles. The molecule has 1 aromatic rings. The highest BCUT2D eigenvalue weighted by Crippen LogP contribution is 2.43. The summed E-state index contributed by atoms with van der Waals surface area (Å²) in [7, 11) is 1.84. The van der Waals surface area contributed by atoms with Crippen molar-refractivity contribution in [2.24, 2.45) is 11.8 Å². The van der Waals surface area contributed by atoms with E-state index in [-0.39, 0.29) is 24.8 Å². The van der Waals surface area contributed by atoms with E-state index in [1.54, 1.807) is 0 Å². The van der Waals surface area contributed by atoms with Crippen LogP contribution in [0.15, 0.2) is 24.3 Å². The van der Waals surface area contributed by atoms with Crippen molar-refractivity contribution in [2.45, 2.75) is 37.9 Å². The number of hydrogen-bond donors (Lipinski definition) is 1. The molecule has 0 bridgehead atoms. The van der Waals surface area contributed by atoms with Gasteiger partial charge in [0.25, 0.3) is 0 Å². The SMILES string of the molecule is CNC(c1ccccc1Cl)C1CCC(C(F)(F)F)CC1. The minimum absolute atomic E-state index is 0.0258. The van der Waals surface area contributed by atoms with Gasteiger partial charge in [-0.1, -0.05) is 29.8 Å². The standard InChI is InChI=1S/C15H19ClF3N/c1-20-14(12-4-2-3-5-13(12)16)10-6-8-11(9-7-10)15(17,18)19/h2-5,10-11,14,20H,6-9H2,1H3. The number of nitrogens with one attached hydrogen (secondary N) is 1. The monoisotopic (exact) mass is 305 g/mol. The van der Waals surface area contributed by atoms with Crippen LogP contribution in [0.1, 0.15) is 37.3 Å². The van der Waals surface area contributed by atoms with E-state index < -0.39 is 12.1 Å². The lowest BCUT2D eigenvalue weighted by atomic mass is 9.76. The van der Waals surface area contributed by atoms with Crippen molar-refractivity contribution in [3.8, 4) is 0 Å². The fourth-order valence-electron chi connectivity index (χ4n) is 3.15. The Hall–Kier alpha value is -0.740. The summed E-state index contributed by atoms with van der Waals surface area (Å²) < 4.78 is 38.1. The third kappa shape index (κ3) is 3.47. The van der Waals surface area contributed by atoms with Gasteiger partial charge in [-0.25, -0.2) is 0 Å². The highest BCUT2D eigenvalue weighted by Gasteiger charge is 2.42. The molecular formula is C15H19ClF3N. The van der Waals surface area contributed by atoms with Gasteiger partial charge in [0.2, 0.25) is 0 Å². The number of alkyl halides is 3. The Morgan fingerprint density at radius 2 is 1.75 bits per heavy atom. The molecule has 0 aromatic heterocycles. The van der Waals surface area contributed by atoms with Crippen LogP contribution in [-0.4, -0.2) is 13.2 Å². The summed E-state index contributed by atoms with van der Waals surface area (Å²) in [6.45, 7) is 0. The largest absolute Gasteiger partial charge is 0.391 e. The number of benzene rings is 1. The smallest absolute Gasteiger partial charge is 0.313 e. The van der Waals surface area contributed by atoms with Crippen LogP contribution in [0.25, 0.3) is 0 Å². The highest BCUT2D eigenvalue weighted by molar-refractivity contribution is 6.31. The van der Waals surface area contributed by atoms with E-state index in [4.69, 9.17) is 11.6 Å². The Labute approximate surface area is 122 Å². The van der Waals surface area contributed by atoms with Crippen LogP contribution in [-0.2, 0) is 0 Å². The summed E-state index contributed by atoms with van der Waals surface area (Å²) in [5.74, 6) is -0.930. The molecule has 0 radical (unpaired) electrons. The second-order valence-corrected chi connectivity index (χ2v) is 5.85. The number of rotatable bonds is 3. The van der Waals surface area contributed by atoms with Gasteiger partial charge in [0, 0.05) is 11.1 Å². The Morgan fingerprint density at radius 3 is 2.25 bits per heavy atom. The van der Waals surface area contributed by atoms with Gasteiger partial charge in [-0.15, -0.1) is 0 Å². The van der Waals surface area contributed by atoms with Crippen LogP contribution in [0.5, 0.6) is 0 Å². The molecule has 20 heavy (non-hydrogen) atoms. The van der Waals surface area contributed by atoms with Crippen molar-refractivity contribution in [1.29, 1.82) is 0 Å². The number of halogens is 4. The first-order valence-corrected chi connectivity index (χ1v) is 7.29. The zero-order valence-electron chi connectivity index (χ0n) is 11.4. The fourth-order valence-corrected chi connectivity index (χ4v) is 3.41.